The Morgan fingerprint density at radius 1 is 1.42 bits per heavy atom. The van der Waals surface area contributed by atoms with Gasteiger partial charge in [-0.2, -0.15) is 0 Å². The van der Waals surface area contributed by atoms with Gasteiger partial charge in [-0.3, -0.25) is 9.59 Å². The number of aryl methyl sites for hydroxylation is 1. The Morgan fingerprint density at radius 2 is 2.16 bits per heavy atom. The highest BCUT2D eigenvalue weighted by Gasteiger charge is 2.14. The van der Waals surface area contributed by atoms with Gasteiger partial charge in [0.05, 0.1) is 11.1 Å². The largest absolute Gasteiger partial charge is 0.350 e. The van der Waals surface area contributed by atoms with Gasteiger partial charge in [0.2, 0.25) is 5.56 Å². The van der Waals surface area contributed by atoms with Crippen LogP contribution in [0.25, 0.3) is 10.9 Å². The molecule has 2 rings (SSSR count). The molecule has 0 bridgehead atoms. The Morgan fingerprint density at radius 3 is 2.84 bits per heavy atom. The average molecular weight is 258 g/mol. The zero-order valence-corrected chi connectivity index (χ0v) is 11.4. The Hall–Kier alpha value is -2.10. The Balaban J connectivity index is 2.57. The van der Waals surface area contributed by atoms with Crippen LogP contribution in [0, 0.1) is 6.92 Å². The van der Waals surface area contributed by atoms with Crippen LogP contribution in [0.2, 0.25) is 0 Å². The van der Waals surface area contributed by atoms with Crippen molar-refractivity contribution in [3.63, 3.8) is 0 Å². The van der Waals surface area contributed by atoms with Crippen molar-refractivity contribution in [1.82, 2.24) is 10.3 Å². The lowest BCUT2D eigenvalue weighted by molar-refractivity contribution is 0.0941. The Bertz CT molecular complexity index is 673. The molecule has 2 aromatic rings. The molecule has 0 fully saturated rings. The lowest BCUT2D eigenvalue weighted by Crippen LogP contribution is -2.32. The fourth-order valence-corrected chi connectivity index (χ4v) is 2.02. The van der Waals surface area contributed by atoms with Crippen LogP contribution in [0.5, 0.6) is 0 Å². The molecule has 1 heterocycles. The number of aromatic amines is 1. The van der Waals surface area contributed by atoms with Crippen LogP contribution in [-0.4, -0.2) is 16.9 Å². The molecule has 1 aromatic carbocycles. The maximum Gasteiger partial charge on any atom is 0.252 e. The van der Waals surface area contributed by atoms with E-state index in [0.717, 1.165) is 22.9 Å². The predicted molar refractivity (Wildman–Crippen MR) is 76.5 cm³/mol. The first-order valence-corrected chi connectivity index (χ1v) is 6.46. The third kappa shape index (κ3) is 2.67. The molecule has 0 spiro atoms. The van der Waals surface area contributed by atoms with Crippen LogP contribution >= 0.6 is 0 Å². The van der Waals surface area contributed by atoms with Crippen molar-refractivity contribution < 1.29 is 4.79 Å². The fourth-order valence-electron chi connectivity index (χ4n) is 2.02. The van der Waals surface area contributed by atoms with Gasteiger partial charge in [0.25, 0.3) is 5.91 Å². The van der Waals surface area contributed by atoms with Gasteiger partial charge in [0.1, 0.15) is 0 Å². The second-order valence-electron chi connectivity index (χ2n) is 4.83. The first kappa shape index (κ1) is 13.3. The number of aromatic nitrogens is 1. The first-order valence-electron chi connectivity index (χ1n) is 6.46. The summed E-state index contributed by atoms with van der Waals surface area (Å²) in [7, 11) is 0. The fraction of sp³-hybridized carbons (Fsp3) is 0.333. The van der Waals surface area contributed by atoms with Crippen LogP contribution in [0.1, 0.15) is 36.2 Å². The molecule has 0 radical (unpaired) electrons. The minimum atomic E-state index is -0.254. The molecule has 1 aromatic heterocycles. The number of benzene rings is 1. The van der Waals surface area contributed by atoms with Crippen LogP contribution in [-0.2, 0) is 0 Å². The second kappa shape index (κ2) is 5.26. The Kier molecular flexibility index (Phi) is 3.69. The van der Waals surface area contributed by atoms with Gasteiger partial charge in [0.15, 0.2) is 0 Å². The smallest absolute Gasteiger partial charge is 0.252 e. The molecular formula is C15H18N2O2. The number of rotatable bonds is 3. The van der Waals surface area contributed by atoms with E-state index in [9.17, 15) is 9.59 Å². The molecule has 100 valence electrons. The highest BCUT2D eigenvalue weighted by molar-refractivity contribution is 6.06. The van der Waals surface area contributed by atoms with Crippen LogP contribution in [0.4, 0.5) is 0 Å². The van der Waals surface area contributed by atoms with Crippen LogP contribution in [0.15, 0.2) is 29.1 Å². The van der Waals surface area contributed by atoms with Crippen molar-refractivity contribution in [3.8, 4) is 0 Å². The van der Waals surface area contributed by atoms with E-state index in [1.54, 1.807) is 0 Å². The normalized spacial score (nSPS) is 12.4. The summed E-state index contributed by atoms with van der Waals surface area (Å²) in [6, 6.07) is 7.10. The molecule has 0 unspecified atom stereocenters. The number of hydrogen-bond donors (Lipinski definition) is 2. The van der Waals surface area contributed by atoms with Crippen molar-refractivity contribution in [2.75, 3.05) is 0 Å². The van der Waals surface area contributed by atoms with Gasteiger partial charge in [-0.15, -0.1) is 0 Å². The van der Waals surface area contributed by atoms with Gasteiger partial charge >= 0.3 is 0 Å². The number of pyridine rings is 1. The molecule has 0 aliphatic carbocycles. The van der Waals surface area contributed by atoms with E-state index in [2.05, 4.69) is 10.3 Å². The van der Waals surface area contributed by atoms with Crippen molar-refractivity contribution in [2.45, 2.75) is 33.2 Å². The molecule has 0 aliphatic rings. The van der Waals surface area contributed by atoms with Gasteiger partial charge in [-0.25, -0.2) is 0 Å². The average Bonchev–Trinajstić information content (AvgIpc) is 2.38. The van der Waals surface area contributed by atoms with Gasteiger partial charge in [-0.05, 0) is 25.8 Å². The van der Waals surface area contributed by atoms with E-state index in [0.29, 0.717) is 5.56 Å². The Labute approximate surface area is 111 Å². The summed E-state index contributed by atoms with van der Waals surface area (Å²) in [6.45, 7) is 5.86. The summed E-state index contributed by atoms with van der Waals surface area (Å²) < 4.78 is 0. The number of amides is 1. The minimum Gasteiger partial charge on any atom is -0.350 e. The minimum absolute atomic E-state index is 0.0895. The monoisotopic (exact) mass is 258 g/mol. The van der Waals surface area contributed by atoms with E-state index in [1.807, 2.05) is 39.0 Å². The van der Waals surface area contributed by atoms with Gasteiger partial charge in [0, 0.05) is 17.5 Å². The first-order chi connectivity index (χ1) is 9.02. The highest BCUT2D eigenvalue weighted by Crippen LogP contribution is 2.18. The lowest BCUT2D eigenvalue weighted by atomic mass is 10.0. The SMILES string of the molecule is CC[C@@H](C)NC(=O)c1cc(=O)[nH]c2c(C)cccc12. The molecule has 0 aliphatic heterocycles. The zero-order chi connectivity index (χ0) is 14.0. The maximum atomic E-state index is 12.2. The van der Waals surface area contributed by atoms with Crippen LogP contribution < -0.4 is 10.9 Å². The third-order valence-electron chi connectivity index (χ3n) is 3.32. The summed E-state index contributed by atoms with van der Waals surface area (Å²) in [5.74, 6) is -0.198. The lowest BCUT2D eigenvalue weighted by Gasteiger charge is -2.13. The molecule has 19 heavy (non-hydrogen) atoms. The number of nitrogens with one attached hydrogen (secondary N) is 2. The molecule has 2 N–H and O–H groups in total. The molecule has 4 nitrogen and oxygen atoms in total. The van der Waals surface area contributed by atoms with Crippen molar-refractivity contribution in [1.29, 1.82) is 0 Å². The standard InChI is InChI=1S/C15H18N2O2/c1-4-10(3)16-15(19)12-8-13(18)17-14-9(2)6-5-7-11(12)14/h5-8,10H,4H2,1-3H3,(H,16,19)(H,17,18)/t10-/m1/s1. The second-order valence-corrected chi connectivity index (χ2v) is 4.83. The van der Waals surface area contributed by atoms with E-state index >= 15 is 0 Å². The number of fused-ring (bicyclic) bond motifs is 1. The van der Waals surface area contributed by atoms with E-state index in [4.69, 9.17) is 0 Å². The highest BCUT2D eigenvalue weighted by atomic mass is 16.2. The molecule has 0 saturated heterocycles. The molecule has 1 atom stereocenters. The summed E-state index contributed by atoms with van der Waals surface area (Å²) in [5.41, 5.74) is 1.86. The molecular weight excluding hydrogens is 240 g/mol. The van der Waals surface area contributed by atoms with E-state index in [-0.39, 0.29) is 17.5 Å². The summed E-state index contributed by atoms with van der Waals surface area (Å²) in [6.07, 6.45) is 0.853. The molecule has 1 amide bonds. The van der Waals surface area contributed by atoms with Gasteiger partial charge < -0.3 is 10.3 Å². The third-order valence-corrected chi connectivity index (χ3v) is 3.32. The number of carbonyl (C=O) groups excluding carboxylic acids is 1. The zero-order valence-electron chi connectivity index (χ0n) is 11.4. The summed E-state index contributed by atoms with van der Waals surface area (Å²) >= 11 is 0. The van der Waals surface area contributed by atoms with Crippen LogP contribution in [0.3, 0.4) is 0 Å². The summed E-state index contributed by atoms with van der Waals surface area (Å²) in [4.78, 5) is 26.7. The quantitative estimate of drug-likeness (QED) is 0.887. The number of H-pyrrole nitrogens is 1. The number of carbonyl (C=O) groups is 1. The number of para-hydroxylation sites is 1. The maximum absolute atomic E-state index is 12.2. The summed E-state index contributed by atoms with van der Waals surface area (Å²) in [5, 5.41) is 3.67. The predicted octanol–water partition coefficient (Wildman–Crippen LogP) is 2.36. The molecule has 0 saturated carbocycles. The molecule has 4 heteroatoms. The van der Waals surface area contributed by atoms with E-state index < -0.39 is 0 Å². The van der Waals surface area contributed by atoms with Gasteiger partial charge in [-0.1, -0.05) is 25.1 Å². The van der Waals surface area contributed by atoms with E-state index in [1.165, 1.54) is 6.07 Å². The van der Waals surface area contributed by atoms with Crippen molar-refractivity contribution in [2.24, 2.45) is 0 Å². The van der Waals surface area contributed by atoms with Crippen molar-refractivity contribution in [3.05, 3.63) is 45.7 Å². The topological polar surface area (TPSA) is 62.0 Å². The number of hydrogen-bond acceptors (Lipinski definition) is 2. The van der Waals surface area contributed by atoms with Crippen molar-refractivity contribution >= 4 is 16.8 Å².